The molecule has 3 aromatic rings. The molecule has 146 valence electrons. The van der Waals surface area contributed by atoms with Gasteiger partial charge in [-0.25, -0.2) is 4.79 Å². The fraction of sp³-hybridized carbons (Fsp3) is 0.381. The fourth-order valence-corrected chi connectivity index (χ4v) is 3.99. The molecular formula is C21H24N4O3. The minimum absolute atomic E-state index is 0.197. The molecule has 0 aliphatic heterocycles. The number of carboxylic acids is 1. The van der Waals surface area contributed by atoms with Crippen molar-refractivity contribution < 1.29 is 14.4 Å². The Morgan fingerprint density at radius 3 is 2.86 bits per heavy atom. The molecule has 1 aliphatic rings. The van der Waals surface area contributed by atoms with E-state index in [1.807, 2.05) is 48.0 Å². The maximum absolute atomic E-state index is 11.6. The number of carboxylic acid groups (broad SMARTS) is 1. The van der Waals surface area contributed by atoms with E-state index in [4.69, 9.17) is 4.52 Å². The molecule has 0 radical (unpaired) electrons. The first-order valence-electron chi connectivity index (χ1n) is 9.60. The number of aromatic carboxylic acids is 1. The number of likely N-dealkylation sites (N-methyl/N-ethyl adjacent to an activating group) is 1. The highest BCUT2D eigenvalue weighted by molar-refractivity contribution is 5.87. The summed E-state index contributed by atoms with van der Waals surface area (Å²) in [6.07, 6.45) is 2.50. The second kappa shape index (κ2) is 7.59. The average Bonchev–Trinajstić information content (AvgIpc) is 3.32. The van der Waals surface area contributed by atoms with Gasteiger partial charge in [0, 0.05) is 42.0 Å². The molecule has 0 amide bonds. The van der Waals surface area contributed by atoms with E-state index >= 15 is 0 Å². The van der Waals surface area contributed by atoms with Crippen LogP contribution in [-0.4, -0.2) is 44.0 Å². The molecule has 2 aromatic heterocycles. The molecular weight excluding hydrogens is 356 g/mol. The van der Waals surface area contributed by atoms with Gasteiger partial charge < -0.3 is 9.63 Å². The first-order chi connectivity index (χ1) is 13.6. The van der Waals surface area contributed by atoms with Crippen LogP contribution in [0, 0.1) is 0 Å². The number of aromatic nitrogens is 3. The highest BCUT2D eigenvalue weighted by Crippen LogP contribution is 2.28. The van der Waals surface area contributed by atoms with Crippen LogP contribution in [0.2, 0.25) is 0 Å². The van der Waals surface area contributed by atoms with Crippen molar-refractivity contribution in [1.82, 2.24) is 19.8 Å². The average molecular weight is 380 g/mol. The lowest BCUT2D eigenvalue weighted by atomic mass is 9.90. The van der Waals surface area contributed by atoms with Gasteiger partial charge in [-0.1, -0.05) is 35.5 Å². The number of rotatable bonds is 6. The van der Waals surface area contributed by atoms with Gasteiger partial charge in [-0.3, -0.25) is 9.58 Å². The summed E-state index contributed by atoms with van der Waals surface area (Å²) in [5.41, 5.74) is 4.02. The number of benzene rings is 1. The van der Waals surface area contributed by atoms with Crippen LogP contribution in [-0.2, 0) is 25.9 Å². The van der Waals surface area contributed by atoms with Gasteiger partial charge in [0.1, 0.15) is 0 Å². The van der Waals surface area contributed by atoms with Crippen molar-refractivity contribution >= 4 is 5.97 Å². The maximum Gasteiger partial charge on any atom is 0.356 e. The molecule has 0 fully saturated rings. The summed E-state index contributed by atoms with van der Waals surface area (Å²) in [5.74, 6) is -0.192. The van der Waals surface area contributed by atoms with Gasteiger partial charge in [-0.05, 0) is 33.2 Å². The van der Waals surface area contributed by atoms with Gasteiger partial charge in [0.05, 0.1) is 5.69 Å². The van der Waals surface area contributed by atoms with E-state index in [1.165, 1.54) is 0 Å². The van der Waals surface area contributed by atoms with E-state index in [0.29, 0.717) is 19.5 Å². The third kappa shape index (κ3) is 3.45. The summed E-state index contributed by atoms with van der Waals surface area (Å²) in [6, 6.07) is 12.1. The minimum Gasteiger partial charge on any atom is -0.476 e. The standard InChI is InChI=1S/C21H24N4O3/c1-3-25-18-10-9-16(12-17(18)20(22-25)21(26)27)24(2)13-15-11-19(28-23-15)14-7-5-4-6-8-14/h4-8,11,16H,3,9-10,12-13H2,1-2H3,(H,26,27). The molecule has 0 saturated heterocycles. The lowest BCUT2D eigenvalue weighted by Crippen LogP contribution is -2.36. The second-order valence-electron chi connectivity index (χ2n) is 7.26. The molecule has 28 heavy (non-hydrogen) atoms. The zero-order valence-corrected chi connectivity index (χ0v) is 16.1. The van der Waals surface area contributed by atoms with Gasteiger partial charge in [-0.2, -0.15) is 5.10 Å². The topological polar surface area (TPSA) is 84.4 Å². The van der Waals surface area contributed by atoms with Crippen molar-refractivity contribution in [3.63, 3.8) is 0 Å². The van der Waals surface area contributed by atoms with Crippen LogP contribution in [0.1, 0.15) is 40.8 Å². The van der Waals surface area contributed by atoms with Crippen LogP contribution >= 0.6 is 0 Å². The molecule has 7 heteroatoms. The zero-order valence-electron chi connectivity index (χ0n) is 16.1. The molecule has 1 aromatic carbocycles. The third-order valence-corrected chi connectivity index (χ3v) is 5.47. The lowest BCUT2D eigenvalue weighted by molar-refractivity contribution is 0.0687. The van der Waals surface area contributed by atoms with E-state index in [1.54, 1.807) is 0 Å². The van der Waals surface area contributed by atoms with E-state index in [-0.39, 0.29) is 11.7 Å². The molecule has 0 bridgehead atoms. The normalized spacial score (nSPS) is 16.3. The Labute approximate surface area is 163 Å². The molecule has 4 rings (SSSR count). The number of nitrogens with zero attached hydrogens (tertiary/aromatic N) is 4. The predicted molar refractivity (Wildman–Crippen MR) is 104 cm³/mol. The molecule has 1 unspecified atom stereocenters. The zero-order chi connectivity index (χ0) is 19.7. The second-order valence-corrected chi connectivity index (χ2v) is 7.26. The van der Waals surface area contributed by atoms with Gasteiger partial charge in [0.15, 0.2) is 11.5 Å². The van der Waals surface area contributed by atoms with Gasteiger partial charge in [-0.15, -0.1) is 0 Å². The van der Waals surface area contributed by atoms with Gasteiger partial charge in [0.2, 0.25) is 0 Å². The molecule has 7 nitrogen and oxygen atoms in total. The highest BCUT2D eigenvalue weighted by Gasteiger charge is 2.30. The Kier molecular flexibility index (Phi) is 5.00. The molecule has 2 heterocycles. The van der Waals surface area contributed by atoms with Crippen molar-refractivity contribution in [2.75, 3.05) is 7.05 Å². The molecule has 1 aliphatic carbocycles. The number of fused-ring (bicyclic) bond motifs is 1. The largest absolute Gasteiger partial charge is 0.476 e. The maximum atomic E-state index is 11.6. The first kappa shape index (κ1) is 18.4. The number of hydrogen-bond acceptors (Lipinski definition) is 5. The Morgan fingerprint density at radius 2 is 2.14 bits per heavy atom. The summed E-state index contributed by atoms with van der Waals surface area (Å²) in [7, 11) is 2.05. The van der Waals surface area contributed by atoms with Crippen molar-refractivity contribution in [3.8, 4) is 11.3 Å². The SMILES string of the molecule is CCn1nc(C(=O)O)c2c1CCC(N(C)Cc1cc(-c3ccccc3)on1)C2. The Morgan fingerprint density at radius 1 is 1.36 bits per heavy atom. The minimum atomic E-state index is -0.948. The van der Waals surface area contributed by atoms with Gasteiger partial charge in [0.25, 0.3) is 0 Å². The van der Waals surface area contributed by atoms with E-state index < -0.39 is 5.97 Å². The van der Waals surface area contributed by atoms with Crippen LogP contribution in [0.3, 0.4) is 0 Å². The van der Waals surface area contributed by atoms with E-state index in [0.717, 1.165) is 41.1 Å². The fourth-order valence-electron chi connectivity index (χ4n) is 3.99. The smallest absolute Gasteiger partial charge is 0.356 e. The van der Waals surface area contributed by atoms with Crippen molar-refractivity contribution in [2.24, 2.45) is 0 Å². The number of carbonyl (C=O) groups is 1. The molecule has 0 spiro atoms. The number of aryl methyl sites for hydroxylation is 1. The molecule has 0 saturated carbocycles. The van der Waals surface area contributed by atoms with E-state index in [9.17, 15) is 9.90 Å². The summed E-state index contributed by atoms with van der Waals surface area (Å²) < 4.78 is 7.33. The van der Waals surface area contributed by atoms with Gasteiger partial charge >= 0.3 is 5.97 Å². The van der Waals surface area contributed by atoms with Crippen LogP contribution in [0.25, 0.3) is 11.3 Å². The highest BCUT2D eigenvalue weighted by atomic mass is 16.5. The number of hydrogen-bond donors (Lipinski definition) is 1. The van der Waals surface area contributed by atoms with Crippen LogP contribution in [0.5, 0.6) is 0 Å². The monoisotopic (exact) mass is 380 g/mol. The Balaban J connectivity index is 1.48. The van der Waals surface area contributed by atoms with Crippen LogP contribution in [0.4, 0.5) is 0 Å². The molecule has 1 N–H and O–H groups in total. The first-order valence-corrected chi connectivity index (χ1v) is 9.60. The van der Waals surface area contributed by atoms with Crippen molar-refractivity contribution in [2.45, 2.75) is 45.3 Å². The Bertz CT molecular complexity index is 977. The third-order valence-electron chi connectivity index (χ3n) is 5.47. The van der Waals surface area contributed by atoms with Crippen molar-refractivity contribution in [3.05, 3.63) is 59.0 Å². The lowest BCUT2D eigenvalue weighted by Gasteiger charge is -2.31. The van der Waals surface area contributed by atoms with Crippen LogP contribution < -0.4 is 0 Å². The predicted octanol–water partition coefficient (Wildman–Crippen LogP) is 3.25. The Hall–Kier alpha value is -2.93. The van der Waals surface area contributed by atoms with Crippen molar-refractivity contribution in [1.29, 1.82) is 0 Å². The van der Waals surface area contributed by atoms with Crippen LogP contribution in [0.15, 0.2) is 40.9 Å². The molecule has 1 atom stereocenters. The summed E-state index contributed by atoms with van der Waals surface area (Å²) in [4.78, 5) is 13.8. The van der Waals surface area contributed by atoms with E-state index in [2.05, 4.69) is 22.2 Å². The summed E-state index contributed by atoms with van der Waals surface area (Å²) >= 11 is 0. The summed E-state index contributed by atoms with van der Waals surface area (Å²) in [6.45, 7) is 3.34. The summed E-state index contributed by atoms with van der Waals surface area (Å²) in [5, 5.41) is 18.0. The quantitative estimate of drug-likeness (QED) is 0.707.